The number of nitrogens with zero attached hydrogens (tertiary/aromatic N) is 1. The quantitative estimate of drug-likeness (QED) is 0.848. The minimum absolute atomic E-state index is 0.430. The minimum Gasteiger partial charge on any atom is -0.488 e. The lowest BCUT2D eigenvalue weighted by molar-refractivity contribution is 0.297. The van der Waals surface area contributed by atoms with E-state index < -0.39 is 0 Å². The third-order valence-corrected chi connectivity index (χ3v) is 3.77. The van der Waals surface area contributed by atoms with Crippen LogP contribution in [-0.4, -0.2) is 11.2 Å². The fraction of sp³-hybridized carbons (Fsp3) is 0.438. The Morgan fingerprint density at radius 2 is 2.10 bits per heavy atom. The lowest BCUT2D eigenvalue weighted by Gasteiger charge is -2.14. The maximum atomic E-state index is 5.97. The molecule has 1 heterocycles. The summed E-state index contributed by atoms with van der Waals surface area (Å²) in [6, 6.07) is 6.48. The van der Waals surface area contributed by atoms with E-state index in [-0.39, 0.29) is 0 Å². The van der Waals surface area contributed by atoms with Crippen LogP contribution in [0.25, 0.3) is 0 Å². The van der Waals surface area contributed by atoms with E-state index in [4.69, 9.17) is 9.26 Å². The fourth-order valence-electron chi connectivity index (χ4n) is 2.00. The second-order valence-electron chi connectivity index (χ2n) is 5.38. The monoisotopic (exact) mass is 352 g/mol. The van der Waals surface area contributed by atoms with Crippen molar-refractivity contribution in [3.8, 4) is 5.75 Å². The summed E-state index contributed by atoms with van der Waals surface area (Å²) >= 11 is 3.51. The predicted molar refractivity (Wildman–Crippen MR) is 86.4 cm³/mol. The van der Waals surface area contributed by atoms with Gasteiger partial charge in [0, 0.05) is 22.6 Å². The highest BCUT2D eigenvalue weighted by atomic mass is 79.9. The van der Waals surface area contributed by atoms with Crippen molar-refractivity contribution in [2.24, 2.45) is 0 Å². The first kappa shape index (κ1) is 16.0. The standard InChI is InChI=1S/C16H21BrN2O2/c1-10(2)18-8-13-7-14(17)5-6-16(13)20-9-15-11(3)19-21-12(15)4/h5-7,10,18H,8-9H2,1-4H3. The molecular formula is C16H21BrN2O2. The van der Waals surface area contributed by atoms with E-state index in [0.717, 1.165) is 39.3 Å². The number of aromatic nitrogens is 1. The molecule has 0 aliphatic rings. The highest BCUT2D eigenvalue weighted by Gasteiger charge is 2.11. The van der Waals surface area contributed by atoms with Gasteiger partial charge in [-0.05, 0) is 32.0 Å². The molecule has 1 N–H and O–H groups in total. The number of benzene rings is 1. The maximum Gasteiger partial charge on any atom is 0.140 e. The van der Waals surface area contributed by atoms with Crippen LogP contribution in [0.4, 0.5) is 0 Å². The Balaban J connectivity index is 2.12. The largest absolute Gasteiger partial charge is 0.488 e. The molecular weight excluding hydrogens is 332 g/mol. The lowest BCUT2D eigenvalue weighted by Crippen LogP contribution is -2.22. The zero-order valence-electron chi connectivity index (χ0n) is 12.9. The van der Waals surface area contributed by atoms with E-state index in [1.54, 1.807) is 0 Å². The summed E-state index contributed by atoms with van der Waals surface area (Å²) in [5, 5.41) is 7.36. The molecule has 0 spiro atoms. The molecule has 0 bridgehead atoms. The fourth-order valence-corrected chi connectivity index (χ4v) is 2.41. The molecule has 0 atom stereocenters. The van der Waals surface area contributed by atoms with Crippen molar-refractivity contribution < 1.29 is 9.26 Å². The second kappa shape index (κ2) is 7.09. The van der Waals surface area contributed by atoms with E-state index in [0.29, 0.717) is 12.6 Å². The summed E-state index contributed by atoms with van der Waals surface area (Å²) in [6.07, 6.45) is 0. The predicted octanol–water partition coefficient (Wildman–Crippen LogP) is 4.13. The summed E-state index contributed by atoms with van der Waals surface area (Å²) in [6.45, 7) is 9.33. The summed E-state index contributed by atoms with van der Waals surface area (Å²) in [5.74, 6) is 1.69. The van der Waals surface area contributed by atoms with Crippen LogP contribution >= 0.6 is 15.9 Å². The van der Waals surface area contributed by atoms with Crippen LogP contribution in [0.5, 0.6) is 5.75 Å². The molecule has 0 unspecified atom stereocenters. The Bertz CT molecular complexity index is 589. The smallest absolute Gasteiger partial charge is 0.140 e. The number of ether oxygens (including phenoxy) is 1. The molecule has 0 aliphatic heterocycles. The molecule has 2 rings (SSSR count). The Labute approximate surface area is 134 Å². The molecule has 5 heteroatoms. The maximum absolute atomic E-state index is 5.97. The van der Waals surface area contributed by atoms with Gasteiger partial charge in [0.05, 0.1) is 11.3 Å². The minimum atomic E-state index is 0.430. The molecule has 114 valence electrons. The number of hydrogen-bond donors (Lipinski definition) is 1. The average molecular weight is 353 g/mol. The first-order valence-electron chi connectivity index (χ1n) is 7.03. The highest BCUT2D eigenvalue weighted by molar-refractivity contribution is 9.10. The zero-order valence-corrected chi connectivity index (χ0v) is 14.5. The molecule has 0 radical (unpaired) electrons. The van der Waals surface area contributed by atoms with Gasteiger partial charge < -0.3 is 14.6 Å². The molecule has 0 aliphatic carbocycles. The van der Waals surface area contributed by atoms with E-state index in [1.807, 2.05) is 26.0 Å². The summed E-state index contributed by atoms with van der Waals surface area (Å²) in [7, 11) is 0. The van der Waals surface area contributed by atoms with Crippen LogP contribution in [-0.2, 0) is 13.2 Å². The van der Waals surface area contributed by atoms with Gasteiger partial charge in [-0.25, -0.2) is 0 Å². The molecule has 1 aromatic carbocycles. The van der Waals surface area contributed by atoms with Crippen LogP contribution < -0.4 is 10.1 Å². The number of halogens is 1. The van der Waals surface area contributed by atoms with Crippen molar-refractivity contribution in [3.63, 3.8) is 0 Å². The van der Waals surface area contributed by atoms with Crippen molar-refractivity contribution in [2.45, 2.75) is 46.9 Å². The van der Waals surface area contributed by atoms with Gasteiger partial charge in [-0.2, -0.15) is 0 Å². The van der Waals surface area contributed by atoms with E-state index in [2.05, 4.69) is 46.3 Å². The average Bonchev–Trinajstić information content (AvgIpc) is 2.75. The van der Waals surface area contributed by atoms with Gasteiger partial charge in [0.2, 0.25) is 0 Å². The van der Waals surface area contributed by atoms with Crippen molar-refractivity contribution in [1.82, 2.24) is 10.5 Å². The molecule has 4 nitrogen and oxygen atoms in total. The first-order chi connectivity index (χ1) is 9.97. The Morgan fingerprint density at radius 3 is 2.71 bits per heavy atom. The third-order valence-electron chi connectivity index (χ3n) is 3.28. The summed E-state index contributed by atoms with van der Waals surface area (Å²) in [5.41, 5.74) is 3.02. The molecule has 2 aromatic rings. The third kappa shape index (κ3) is 4.32. The van der Waals surface area contributed by atoms with E-state index in [9.17, 15) is 0 Å². The van der Waals surface area contributed by atoms with E-state index in [1.165, 1.54) is 0 Å². The second-order valence-corrected chi connectivity index (χ2v) is 6.29. The van der Waals surface area contributed by atoms with Crippen molar-refractivity contribution in [1.29, 1.82) is 0 Å². The molecule has 0 saturated heterocycles. The van der Waals surface area contributed by atoms with Gasteiger partial charge in [-0.15, -0.1) is 0 Å². The van der Waals surface area contributed by atoms with Crippen LogP contribution in [0, 0.1) is 13.8 Å². The molecule has 0 amide bonds. The number of aryl methyl sites for hydroxylation is 2. The van der Waals surface area contributed by atoms with Gasteiger partial charge >= 0.3 is 0 Å². The molecule has 1 aromatic heterocycles. The molecule has 0 saturated carbocycles. The van der Waals surface area contributed by atoms with Crippen LogP contribution in [0.3, 0.4) is 0 Å². The highest BCUT2D eigenvalue weighted by Crippen LogP contribution is 2.25. The summed E-state index contributed by atoms with van der Waals surface area (Å²) in [4.78, 5) is 0. The molecule has 21 heavy (non-hydrogen) atoms. The lowest BCUT2D eigenvalue weighted by atomic mass is 10.2. The summed E-state index contributed by atoms with van der Waals surface area (Å²) < 4.78 is 12.2. The number of hydrogen-bond acceptors (Lipinski definition) is 4. The van der Waals surface area contributed by atoms with Crippen molar-refractivity contribution in [2.75, 3.05) is 0 Å². The normalized spacial score (nSPS) is 11.1. The van der Waals surface area contributed by atoms with Crippen LogP contribution in [0.15, 0.2) is 27.2 Å². The van der Waals surface area contributed by atoms with Crippen LogP contribution in [0.1, 0.15) is 36.4 Å². The van der Waals surface area contributed by atoms with Gasteiger partial charge in [-0.3, -0.25) is 0 Å². The first-order valence-corrected chi connectivity index (χ1v) is 7.83. The van der Waals surface area contributed by atoms with Crippen molar-refractivity contribution in [3.05, 3.63) is 45.3 Å². The van der Waals surface area contributed by atoms with Gasteiger partial charge in [0.1, 0.15) is 18.1 Å². The SMILES string of the molecule is Cc1noc(C)c1COc1ccc(Br)cc1CNC(C)C. The topological polar surface area (TPSA) is 47.3 Å². The number of rotatable bonds is 6. The van der Waals surface area contributed by atoms with Gasteiger partial charge in [0.25, 0.3) is 0 Å². The Morgan fingerprint density at radius 1 is 1.33 bits per heavy atom. The zero-order chi connectivity index (χ0) is 15.4. The van der Waals surface area contributed by atoms with Crippen LogP contribution in [0.2, 0.25) is 0 Å². The van der Waals surface area contributed by atoms with Gasteiger partial charge in [-0.1, -0.05) is 34.9 Å². The van der Waals surface area contributed by atoms with Crippen molar-refractivity contribution >= 4 is 15.9 Å². The van der Waals surface area contributed by atoms with Gasteiger partial charge in [0.15, 0.2) is 0 Å². The Kier molecular flexibility index (Phi) is 5.42. The van der Waals surface area contributed by atoms with E-state index >= 15 is 0 Å². The molecule has 0 fully saturated rings. The Hall–Kier alpha value is -1.33. The number of nitrogens with one attached hydrogen (secondary N) is 1.